The molecule has 2 N–H and O–H groups in total. The summed E-state index contributed by atoms with van der Waals surface area (Å²) in [4.78, 5) is 19.1. The van der Waals surface area contributed by atoms with Gasteiger partial charge in [0.05, 0.1) is 23.3 Å². The largest absolute Gasteiger partial charge is 0.490 e. The summed E-state index contributed by atoms with van der Waals surface area (Å²) in [7, 11) is 0. The highest BCUT2D eigenvalue weighted by Crippen LogP contribution is 2.44. The maximum absolute atomic E-state index is 14.2. The molecule has 6 rings (SSSR count). The number of carbonyl (C=O) groups is 1. The third kappa shape index (κ3) is 7.98. The molecule has 2 heterocycles. The van der Waals surface area contributed by atoms with Gasteiger partial charge in [0.1, 0.15) is 6.04 Å². The molecule has 0 fully saturated rings. The van der Waals surface area contributed by atoms with Crippen molar-refractivity contribution in [3.8, 4) is 11.5 Å². The number of ether oxygens (including phenoxy) is 2. The lowest BCUT2D eigenvalue weighted by Gasteiger charge is -2.29. The number of halogens is 2. The molecule has 252 valence electrons. The molecular weight excluding hydrogens is 722 g/mol. The molecule has 1 aromatic heterocycles. The Morgan fingerprint density at radius 1 is 1.02 bits per heavy atom. The van der Waals surface area contributed by atoms with Crippen LogP contribution in [0.15, 0.2) is 106 Å². The molecule has 4 aromatic carbocycles. The second kappa shape index (κ2) is 15.5. The van der Waals surface area contributed by atoms with Gasteiger partial charge in [-0.1, -0.05) is 89.6 Å². The van der Waals surface area contributed by atoms with E-state index in [-0.39, 0.29) is 5.91 Å². The van der Waals surface area contributed by atoms with Crippen molar-refractivity contribution in [3.63, 3.8) is 0 Å². The first-order valence-corrected chi connectivity index (χ1v) is 18.2. The number of amides is 1. The number of thioether (sulfide) groups is 1. The molecule has 1 amide bonds. The summed E-state index contributed by atoms with van der Waals surface area (Å²) < 4.78 is 14.9. The zero-order valence-corrected chi connectivity index (χ0v) is 30.9. The Balaban J connectivity index is 1.37. The van der Waals surface area contributed by atoms with E-state index >= 15 is 0 Å². The van der Waals surface area contributed by atoms with Crippen molar-refractivity contribution in [3.05, 3.63) is 134 Å². The SMILES string of the molecule is CCOc1cc(C2C(C(=O)Nc3ccc(C)cc3C)=C(C)Nc3nc(SCc4ccccc4Cl)nn32)cc(Br)c1OCCc1ccccc1. The van der Waals surface area contributed by atoms with Crippen LogP contribution in [0.1, 0.15) is 47.7 Å². The molecule has 1 aliphatic heterocycles. The van der Waals surface area contributed by atoms with Crippen LogP contribution >= 0.6 is 39.3 Å². The van der Waals surface area contributed by atoms with Crippen molar-refractivity contribution < 1.29 is 14.3 Å². The fraction of sp³-hybridized carbons (Fsp3) is 0.237. The smallest absolute Gasteiger partial charge is 0.255 e. The normalized spacial score (nSPS) is 13.9. The summed E-state index contributed by atoms with van der Waals surface area (Å²) in [5.74, 6) is 2.05. The number of allylic oxidation sites excluding steroid dienone is 1. The van der Waals surface area contributed by atoms with E-state index in [9.17, 15) is 4.79 Å². The zero-order chi connectivity index (χ0) is 34.5. The summed E-state index contributed by atoms with van der Waals surface area (Å²) in [6.45, 7) is 8.74. The lowest BCUT2D eigenvalue weighted by Crippen LogP contribution is -2.31. The summed E-state index contributed by atoms with van der Waals surface area (Å²) in [5, 5.41) is 12.7. The highest BCUT2D eigenvalue weighted by atomic mass is 79.9. The number of carbonyl (C=O) groups excluding carboxylic acids is 1. The minimum atomic E-state index is -0.627. The van der Waals surface area contributed by atoms with Gasteiger partial charge in [-0.2, -0.15) is 4.98 Å². The third-order valence-corrected chi connectivity index (χ3v) is 9.99. The molecular formula is C38H37BrClN5O3S. The minimum Gasteiger partial charge on any atom is -0.490 e. The van der Waals surface area contributed by atoms with Crippen molar-refractivity contribution in [2.24, 2.45) is 0 Å². The number of benzene rings is 4. The molecule has 49 heavy (non-hydrogen) atoms. The summed E-state index contributed by atoms with van der Waals surface area (Å²) in [6, 6.07) is 27.2. The third-order valence-electron chi connectivity index (χ3n) is 8.15. The van der Waals surface area contributed by atoms with Gasteiger partial charge in [0, 0.05) is 28.6 Å². The molecule has 8 nitrogen and oxygen atoms in total. The highest BCUT2D eigenvalue weighted by molar-refractivity contribution is 9.10. The molecule has 0 saturated carbocycles. The fourth-order valence-corrected chi connectivity index (χ4v) is 7.45. The van der Waals surface area contributed by atoms with E-state index in [0.717, 1.165) is 34.4 Å². The fourth-order valence-electron chi connectivity index (χ4n) is 5.76. The van der Waals surface area contributed by atoms with Gasteiger partial charge in [0.2, 0.25) is 11.1 Å². The maximum atomic E-state index is 14.2. The van der Waals surface area contributed by atoms with Crippen molar-refractivity contribution in [1.82, 2.24) is 14.8 Å². The standard InChI is InChI=1S/C38H37BrClN5O3S/c1-5-47-32-21-28(20-29(39)35(32)48-18-17-26-11-7-6-8-12-26)34-33(36(46)42-31-16-15-23(2)19-24(31)3)25(4)41-37-43-38(44-45(34)37)49-22-27-13-9-10-14-30(27)40/h6-16,19-21,34H,5,17-18,22H2,1-4H3,(H,42,46)(H,41,43,44). The van der Waals surface area contributed by atoms with Gasteiger partial charge in [-0.25, -0.2) is 4.68 Å². The van der Waals surface area contributed by atoms with E-state index in [2.05, 4.69) is 38.7 Å². The van der Waals surface area contributed by atoms with Gasteiger partial charge in [-0.3, -0.25) is 4.79 Å². The molecule has 1 atom stereocenters. The molecule has 0 aliphatic carbocycles. The van der Waals surface area contributed by atoms with E-state index in [4.69, 9.17) is 31.2 Å². The van der Waals surface area contributed by atoms with Gasteiger partial charge >= 0.3 is 0 Å². The number of aryl methyl sites for hydroxylation is 2. The molecule has 5 aromatic rings. The number of anilines is 2. The number of nitrogens with zero attached hydrogens (tertiary/aromatic N) is 3. The van der Waals surface area contributed by atoms with E-state index in [0.29, 0.717) is 62.3 Å². The maximum Gasteiger partial charge on any atom is 0.255 e. The molecule has 1 unspecified atom stereocenters. The van der Waals surface area contributed by atoms with Crippen molar-refractivity contribution in [2.45, 2.75) is 51.1 Å². The van der Waals surface area contributed by atoms with Gasteiger partial charge in [-0.15, -0.1) is 5.10 Å². The Hall–Kier alpha value is -4.25. The number of hydrogen-bond donors (Lipinski definition) is 2. The number of hydrogen-bond acceptors (Lipinski definition) is 7. The van der Waals surface area contributed by atoms with Crippen LogP contribution in [-0.4, -0.2) is 33.9 Å². The van der Waals surface area contributed by atoms with Crippen LogP contribution in [0.3, 0.4) is 0 Å². The van der Waals surface area contributed by atoms with E-state index in [1.54, 1.807) is 4.68 Å². The van der Waals surface area contributed by atoms with Crippen LogP contribution in [-0.2, 0) is 17.0 Å². The highest BCUT2D eigenvalue weighted by Gasteiger charge is 2.36. The lowest BCUT2D eigenvalue weighted by molar-refractivity contribution is -0.113. The molecule has 11 heteroatoms. The Bertz CT molecular complexity index is 2020. The molecule has 1 aliphatic rings. The monoisotopic (exact) mass is 757 g/mol. The zero-order valence-electron chi connectivity index (χ0n) is 27.7. The van der Waals surface area contributed by atoms with Crippen LogP contribution in [0, 0.1) is 13.8 Å². The van der Waals surface area contributed by atoms with Crippen LogP contribution < -0.4 is 20.1 Å². The molecule has 0 bridgehead atoms. The van der Waals surface area contributed by atoms with E-state index < -0.39 is 6.04 Å². The lowest BCUT2D eigenvalue weighted by atomic mass is 9.94. The average molecular weight is 759 g/mol. The van der Waals surface area contributed by atoms with E-state index in [1.165, 1.54) is 17.3 Å². The summed E-state index contributed by atoms with van der Waals surface area (Å²) in [5.41, 5.74) is 6.98. The Labute approximate surface area is 304 Å². The molecule has 0 spiro atoms. The predicted molar refractivity (Wildman–Crippen MR) is 201 cm³/mol. The minimum absolute atomic E-state index is 0.245. The Morgan fingerprint density at radius 3 is 2.55 bits per heavy atom. The van der Waals surface area contributed by atoms with Crippen LogP contribution in [0.5, 0.6) is 11.5 Å². The number of nitrogens with one attached hydrogen (secondary N) is 2. The van der Waals surface area contributed by atoms with E-state index in [1.807, 2.05) is 100 Å². The summed E-state index contributed by atoms with van der Waals surface area (Å²) >= 11 is 11.7. The van der Waals surface area contributed by atoms with Gasteiger partial charge in [0.25, 0.3) is 5.91 Å². The average Bonchev–Trinajstić information content (AvgIpc) is 3.49. The number of aromatic nitrogens is 3. The quantitative estimate of drug-likeness (QED) is 0.123. The second-order valence-electron chi connectivity index (χ2n) is 11.7. The predicted octanol–water partition coefficient (Wildman–Crippen LogP) is 9.55. The van der Waals surface area contributed by atoms with Gasteiger partial charge in [-0.05, 0) is 90.1 Å². The molecule has 0 radical (unpaired) electrons. The van der Waals surface area contributed by atoms with Crippen LogP contribution in [0.2, 0.25) is 5.02 Å². The Kier molecular flexibility index (Phi) is 11.0. The summed E-state index contributed by atoms with van der Waals surface area (Å²) in [6.07, 6.45) is 0.747. The Morgan fingerprint density at radius 2 is 1.80 bits per heavy atom. The number of fused-ring (bicyclic) bond motifs is 1. The van der Waals surface area contributed by atoms with Crippen molar-refractivity contribution in [2.75, 3.05) is 23.8 Å². The van der Waals surface area contributed by atoms with Gasteiger partial charge in [0.15, 0.2) is 11.5 Å². The number of rotatable bonds is 12. The van der Waals surface area contributed by atoms with Crippen LogP contribution in [0.4, 0.5) is 11.6 Å². The van der Waals surface area contributed by atoms with Crippen LogP contribution in [0.25, 0.3) is 0 Å². The first kappa shape index (κ1) is 34.6. The van der Waals surface area contributed by atoms with Crippen molar-refractivity contribution in [1.29, 1.82) is 0 Å². The molecule has 0 saturated heterocycles. The first-order valence-electron chi connectivity index (χ1n) is 16.0. The second-order valence-corrected chi connectivity index (χ2v) is 13.9. The van der Waals surface area contributed by atoms with Crippen molar-refractivity contribution >= 4 is 56.8 Å². The topological polar surface area (TPSA) is 90.3 Å². The van der Waals surface area contributed by atoms with Gasteiger partial charge < -0.3 is 20.1 Å². The first-order chi connectivity index (χ1) is 23.7.